The summed E-state index contributed by atoms with van der Waals surface area (Å²) in [6.07, 6.45) is 4.70. The summed E-state index contributed by atoms with van der Waals surface area (Å²) in [7, 11) is 0. The molecule has 134 valence electrons. The number of anilines is 1. The van der Waals surface area contributed by atoms with E-state index in [1.54, 1.807) is 6.08 Å². The Hall–Kier alpha value is -1.74. The van der Waals surface area contributed by atoms with E-state index < -0.39 is 36.8 Å². The molecule has 0 spiro atoms. The lowest BCUT2D eigenvalue weighted by Gasteiger charge is -2.18. The van der Waals surface area contributed by atoms with E-state index in [1.807, 2.05) is 6.08 Å². The smallest absolute Gasteiger partial charge is 0.351 e. The predicted molar refractivity (Wildman–Crippen MR) is 89.1 cm³/mol. The Labute approximate surface area is 140 Å². The summed E-state index contributed by atoms with van der Waals surface area (Å²) in [6.45, 7) is 1.67. The van der Waals surface area contributed by atoms with E-state index in [4.69, 9.17) is 15.6 Å². The van der Waals surface area contributed by atoms with Gasteiger partial charge in [0.1, 0.15) is 24.1 Å². The number of aliphatic hydroxyl groups is 3. The van der Waals surface area contributed by atoms with E-state index in [-0.39, 0.29) is 5.82 Å². The number of hydrogen-bond donors (Lipinski definition) is 4. The van der Waals surface area contributed by atoms with E-state index in [2.05, 4.69) is 11.9 Å². The maximum atomic E-state index is 12.1. The summed E-state index contributed by atoms with van der Waals surface area (Å²) in [5, 5.41) is 29.0. The summed E-state index contributed by atoms with van der Waals surface area (Å²) >= 11 is 0. The molecule has 8 nitrogen and oxygen atoms in total. The van der Waals surface area contributed by atoms with Gasteiger partial charge in [-0.2, -0.15) is 4.98 Å². The molecule has 5 N–H and O–H groups in total. The largest absolute Gasteiger partial charge is 0.394 e. The quantitative estimate of drug-likeness (QED) is 0.515. The molecule has 8 heteroatoms. The molecule has 1 fully saturated rings. The third-order valence-corrected chi connectivity index (χ3v) is 4.07. The van der Waals surface area contributed by atoms with Crippen molar-refractivity contribution in [1.82, 2.24) is 9.55 Å². The summed E-state index contributed by atoms with van der Waals surface area (Å²) in [6, 6.07) is 0. The number of nitrogen functional groups attached to an aromatic ring is 1. The minimum absolute atomic E-state index is 0.0923. The van der Waals surface area contributed by atoms with Gasteiger partial charge in [-0.1, -0.05) is 31.9 Å². The van der Waals surface area contributed by atoms with Crippen LogP contribution in [0.5, 0.6) is 0 Å². The molecular weight excluding hydrogens is 314 g/mol. The molecule has 0 aromatic carbocycles. The first-order chi connectivity index (χ1) is 11.5. The van der Waals surface area contributed by atoms with Crippen molar-refractivity contribution in [3.63, 3.8) is 0 Å². The molecule has 1 aromatic rings. The molecule has 2 rings (SSSR count). The van der Waals surface area contributed by atoms with Crippen LogP contribution < -0.4 is 11.4 Å². The van der Waals surface area contributed by atoms with Crippen LogP contribution in [0.1, 0.15) is 44.4 Å². The lowest BCUT2D eigenvalue weighted by molar-refractivity contribution is -0.0549. The maximum Gasteiger partial charge on any atom is 0.351 e. The van der Waals surface area contributed by atoms with Gasteiger partial charge in [0.15, 0.2) is 6.23 Å². The molecule has 24 heavy (non-hydrogen) atoms. The van der Waals surface area contributed by atoms with E-state index in [1.165, 1.54) is 6.20 Å². The van der Waals surface area contributed by atoms with Gasteiger partial charge in [0.25, 0.3) is 0 Å². The number of allylic oxidation sites excluding steroid dienone is 1. The molecule has 0 amide bonds. The predicted octanol–water partition coefficient (Wildman–Crippen LogP) is 0.0305. The zero-order valence-electron chi connectivity index (χ0n) is 13.7. The van der Waals surface area contributed by atoms with Crippen molar-refractivity contribution in [3.05, 3.63) is 28.3 Å². The molecule has 0 radical (unpaired) electrons. The molecule has 1 saturated heterocycles. The fourth-order valence-electron chi connectivity index (χ4n) is 2.64. The Kier molecular flexibility index (Phi) is 6.50. The third kappa shape index (κ3) is 4.02. The summed E-state index contributed by atoms with van der Waals surface area (Å²) in [4.78, 5) is 15.8. The van der Waals surface area contributed by atoms with Crippen LogP contribution >= 0.6 is 0 Å². The van der Waals surface area contributed by atoms with E-state index in [0.717, 1.165) is 30.3 Å². The third-order valence-electron chi connectivity index (χ3n) is 4.07. The van der Waals surface area contributed by atoms with Gasteiger partial charge in [0, 0.05) is 11.8 Å². The Morgan fingerprint density at radius 2 is 2.12 bits per heavy atom. The molecule has 4 atom stereocenters. The Bertz CT molecular complexity index is 631. The highest BCUT2D eigenvalue weighted by Crippen LogP contribution is 2.28. The van der Waals surface area contributed by atoms with E-state index in [0.29, 0.717) is 5.56 Å². The van der Waals surface area contributed by atoms with Gasteiger partial charge in [0.2, 0.25) is 0 Å². The van der Waals surface area contributed by atoms with Crippen LogP contribution in [0.3, 0.4) is 0 Å². The number of hydrogen-bond acceptors (Lipinski definition) is 7. The number of nitrogens with two attached hydrogens (primary N) is 1. The van der Waals surface area contributed by atoms with Gasteiger partial charge < -0.3 is 25.8 Å². The molecular formula is C16H25N3O5. The second kappa shape index (κ2) is 8.39. The van der Waals surface area contributed by atoms with Crippen LogP contribution in [0.4, 0.5) is 5.82 Å². The van der Waals surface area contributed by atoms with E-state index >= 15 is 0 Å². The second-order valence-electron chi connectivity index (χ2n) is 5.90. The normalized spacial score (nSPS) is 27.2. The highest BCUT2D eigenvalue weighted by atomic mass is 16.6. The van der Waals surface area contributed by atoms with Crippen molar-refractivity contribution in [2.45, 2.75) is 57.1 Å². The van der Waals surface area contributed by atoms with Crippen molar-refractivity contribution in [2.24, 2.45) is 0 Å². The summed E-state index contributed by atoms with van der Waals surface area (Å²) in [5.41, 5.74) is 5.62. The minimum Gasteiger partial charge on any atom is -0.394 e. The fraction of sp³-hybridized carbons (Fsp3) is 0.625. The minimum atomic E-state index is -1.34. The lowest BCUT2D eigenvalue weighted by Crippen LogP contribution is -2.36. The van der Waals surface area contributed by atoms with Crippen LogP contribution in [0.15, 0.2) is 17.1 Å². The molecule has 0 bridgehead atoms. The van der Waals surface area contributed by atoms with Crippen LogP contribution in [0.2, 0.25) is 0 Å². The van der Waals surface area contributed by atoms with Crippen molar-refractivity contribution >= 4 is 11.9 Å². The Morgan fingerprint density at radius 1 is 1.38 bits per heavy atom. The zero-order chi connectivity index (χ0) is 17.7. The Morgan fingerprint density at radius 3 is 2.75 bits per heavy atom. The first kappa shape index (κ1) is 18.6. The van der Waals surface area contributed by atoms with Crippen LogP contribution in [0.25, 0.3) is 6.08 Å². The average molecular weight is 339 g/mol. The monoisotopic (exact) mass is 339 g/mol. The number of unbranched alkanes of at least 4 members (excludes halogenated alkanes) is 3. The first-order valence-corrected chi connectivity index (χ1v) is 8.17. The fourth-order valence-corrected chi connectivity index (χ4v) is 2.64. The highest BCUT2D eigenvalue weighted by Gasteiger charge is 2.43. The van der Waals surface area contributed by atoms with Gasteiger partial charge in [-0.15, -0.1) is 0 Å². The van der Waals surface area contributed by atoms with Crippen molar-refractivity contribution in [1.29, 1.82) is 0 Å². The SMILES string of the molecule is CCCCC/C=C/c1cn([C@@H]2O[C@H](CO)[C@@H](O)[C@H]2O)c(=O)nc1N. The van der Waals surface area contributed by atoms with Crippen LogP contribution in [0, 0.1) is 0 Å². The topological polar surface area (TPSA) is 131 Å². The van der Waals surface area contributed by atoms with Crippen LogP contribution in [-0.4, -0.2) is 49.8 Å². The molecule has 0 unspecified atom stereocenters. The number of aromatic nitrogens is 2. The zero-order valence-corrected chi connectivity index (χ0v) is 13.7. The molecule has 1 aromatic heterocycles. The standard InChI is InChI=1S/C16H25N3O5/c1-2-3-4-5-6-7-10-8-19(16(23)18-14(10)17)15-13(22)12(21)11(9-20)24-15/h6-8,11-13,15,20-22H,2-5,9H2,1H3,(H2,17,18,23)/b7-6+/t11-,12-,13-,15-/m1/s1. The van der Waals surface area contributed by atoms with Crippen LogP contribution in [-0.2, 0) is 4.74 Å². The maximum absolute atomic E-state index is 12.1. The summed E-state index contributed by atoms with van der Waals surface area (Å²) in [5.74, 6) is 0.0923. The lowest BCUT2D eigenvalue weighted by atomic mass is 10.1. The molecule has 1 aliphatic rings. The average Bonchev–Trinajstić information content (AvgIpc) is 2.84. The van der Waals surface area contributed by atoms with Gasteiger partial charge in [0.05, 0.1) is 6.61 Å². The summed E-state index contributed by atoms with van der Waals surface area (Å²) < 4.78 is 6.45. The Balaban J connectivity index is 2.22. The number of nitrogens with zero attached hydrogens (tertiary/aromatic N) is 2. The molecule has 1 aliphatic heterocycles. The first-order valence-electron chi connectivity index (χ1n) is 8.17. The van der Waals surface area contributed by atoms with Gasteiger partial charge >= 0.3 is 5.69 Å². The molecule has 0 aliphatic carbocycles. The van der Waals surface area contributed by atoms with Gasteiger partial charge in [-0.05, 0) is 12.8 Å². The van der Waals surface area contributed by atoms with Crippen molar-refractivity contribution in [3.8, 4) is 0 Å². The molecule has 2 heterocycles. The highest BCUT2D eigenvalue weighted by molar-refractivity contribution is 5.59. The van der Waals surface area contributed by atoms with E-state index in [9.17, 15) is 15.0 Å². The van der Waals surface area contributed by atoms with Crippen molar-refractivity contribution in [2.75, 3.05) is 12.3 Å². The number of ether oxygens (including phenoxy) is 1. The second-order valence-corrected chi connectivity index (χ2v) is 5.90. The molecule has 0 saturated carbocycles. The number of rotatable bonds is 7. The number of aliphatic hydroxyl groups excluding tert-OH is 3. The van der Waals surface area contributed by atoms with Crippen molar-refractivity contribution < 1.29 is 20.1 Å². The van der Waals surface area contributed by atoms with Gasteiger partial charge in [-0.3, -0.25) is 4.57 Å². The van der Waals surface area contributed by atoms with Gasteiger partial charge in [-0.25, -0.2) is 4.79 Å².